The van der Waals surface area contributed by atoms with Gasteiger partial charge in [0.05, 0.1) is 18.2 Å². The zero-order valence-corrected chi connectivity index (χ0v) is 21.5. The van der Waals surface area contributed by atoms with Crippen molar-refractivity contribution in [1.82, 2.24) is 30.8 Å². The minimum Gasteiger partial charge on any atom is -0.481 e. The Bertz CT molecular complexity index is 997. The summed E-state index contributed by atoms with van der Waals surface area (Å²) < 4.78 is 0. The van der Waals surface area contributed by atoms with E-state index in [1.54, 1.807) is 13.8 Å². The number of hydrogen-bond acceptors (Lipinski definition) is 7. The number of nitrogens with one attached hydrogen (secondary N) is 3. The van der Waals surface area contributed by atoms with E-state index in [4.69, 9.17) is 0 Å². The summed E-state index contributed by atoms with van der Waals surface area (Å²) in [4.78, 5) is 72.3. The SMILES string of the molecule is CC(=O)N1C[C@H](NC(=O)[C@@H](NC(=O)[C@@H](NC(=O)c2cnccn2)C2CCCCC2)C(C)C)[C@H](C(=O)O)C1. The molecule has 1 aromatic heterocycles. The fourth-order valence-electron chi connectivity index (χ4n) is 5.00. The summed E-state index contributed by atoms with van der Waals surface area (Å²) in [7, 11) is 0. The fraction of sp³-hybridized carbons (Fsp3) is 0.640. The molecule has 0 unspecified atom stereocenters. The smallest absolute Gasteiger partial charge is 0.310 e. The summed E-state index contributed by atoms with van der Waals surface area (Å²) in [5.41, 5.74) is 0.0882. The van der Waals surface area contributed by atoms with Crippen LogP contribution in [0.4, 0.5) is 0 Å². The van der Waals surface area contributed by atoms with Crippen molar-refractivity contribution in [3.8, 4) is 0 Å². The third-order valence-electron chi connectivity index (χ3n) is 7.14. The summed E-state index contributed by atoms with van der Waals surface area (Å²) in [6, 6.07) is -2.61. The van der Waals surface area contributed by atoms with Crippen LogP contribution in [0.5, 0.6) is 0 Å². The number of carboxylic acid groups (broad SMARTS) is 1. The number of hydrogen-bond donors (Lipinski definition) is 4. The van der Waals surface area contributed by atoms with Crippen molar-refractivity contribution in [3.05, 3.63) is 24.3 Å². The van der Waals surface area contributed by atoms with Crippen LogP contribution in [0.3, 0.4) is 0 Å². The molecule has 0 bridgehead atoms. The lowest BCUT2D eigenvalue weighted by Crippen LogP contribution is -2.59. The van der Waals surface area contributed by atoms with Gasteiger partial charge in [0.2, 0.25) is 17.7 Å². The first-order valence-electron chi connectivity index (χ1n) is 12.7. The maximum absolute atomic E-state index is 13.5. The van der Waals surface area contributed by atoms with Gasteiger partial charge in [-0.1, -0.05) is 33.1 Å². The van der Waals surface area contributed by atoms with E-state index < -0.39 is 47.7 Å². The minimum absolute atomic E-state index is 0.00643. The van der Waals surface area contributed by atoms with Gasteiger partial charge < -0.3 is 26.0 Å². The van der Waals surface area contributed by atoms with Crippen LogP contribution in [0.1, 0.15) is 63.4 Å². The molecule has 4 N–H and O–H groups in total. The van der Waals surface area contributed by atoms with Crippen LogP contribution >= 0.6 is 0 Å². The van der Waals surface area contributed by atoms with Crippen LogP contribution in [-0.2, 0) is 19.2 Å². The van der Waals surface area contributed by atoms with Gasteiger partial charge in [0, 0.05) is 32.4 Å². The average molecular weight is 517 g/mol. The quantitative estimate of drug-likeness (QED) is 0.364. The monoisotopic (exact) mass is 516 g/mol. The molecule has 2 fully saturated rings. The van der Waals surface area contributed by atoms with E-state index in [9.17, 15) is 29.1 Å². The van der Waals surface area contributed by atoms with Crippen molar-refractivity contribution in [2.24, 2.45) is 17.8 Å². The summed E-state index contributed by atoms with van der Waals surface area (Å²) in [6.45, 7) is 4.97. The fourth-order valence-corrected chi connectivity index (χ4v) is 5.00. The third-order valence-corrected chi connectivity index (χ3v) is 7.14. The summed E-state index contributed by atoms with van der Waals surface area (Å²) in [6.07, 6.45) is 8.63. The van der Waals surface area contributed by atoms with E-state index in [0.717, 1.165) is 32.1 Å². The molecule has 12 heteroatoms. The molecule has 2 aliphatic rings. The minimum atomic E-state index is -1.11. The predicted octanol–water partition coefficient (Wildman–Crippen LogP) is 0.344. The van der Waals surface area contributed by atoms with E-state index in [-0.39, 0.29) is 36.5 Å². The molecule has 2 heterocycles. The zero-order chi connectivity index (χ0) is 27.1. The van der Waals surface area contributed by atoms with Gasteiger partial charge in [0.1, 0.15) is 17.8 Å². The van der Waals surface area contributed by atoms with Gasteiger partial charge in [-0.3, -0.25) is 29.0 Å². The number of rotatable bonds is 9. The van der Waals surface area contributed by atoms with Crippen LogP contribution < -0.4 is 16.0 Å². The van der Waals surface area contributed by atoms with Gasteiger partial charge in [0.25, 0.3) is 5.91 Å². The van der Waals surface area contributed by atoms with Crippen LogP contribution in [-0.4, -0.2) is 80.8 Å². The number of carboxylic acids is 1. The van der Waals surface area contributed by atoms with Gasteiger partial charge in [0.15, 0.2) is 0 Å². The first-order valence-corrected chi connectivity index (χ1v) is 12.7. The van der Waals surface area contributed by atoms with E-state index in [2.05, 4.69) is 25.9 Å². The first kappa shape index (κ1) is 28.0. The second-order valence-electron chi connectivity index (χ2n) is 10.2. The molecule has 3 rings (SSSR count). The van der Waals surface area contributed by atoms with Crippen LogP contribution in [0.2, 0.25) is 0 Å². The Morgan fingerprint density at radius 1 is 1.00 bits per heavy atom. The Morgan fingerprint density at radius 2 is 1.70 bits per heavy atom. The molecule has 1 saturated carbocycles. The second-order valence-corrected chi connectivity index (χ2v) is 10.2. The van der Waals surface area contributed by atoms with Crippen molar-refractivity contribution in [2.75, 3.05) is 13.1 Å². The number of carbonyl (C=O) groups is 5. The van der Waals surface area contributed by atoms with E-state index in [0.29, 0.717) is 0 Å². The molecule has 12 nitrogen and oxygen atoms in total. The van der Waals surface area contributed by atoms with Gasteiger partial charge in [-0.25, -0.2) is 4.98 Å². The largest absolute Gasteiger partial charge is 0.481 e. The molecule has 4 amide bonds. The third kappa shape index (κ3) is 7.23. The van der Waals surface area contributed by atoms with Crippen molar-refractivity contribution < 1.29 is 29.1 Å². The first-order chi connectivity index (χ1) is 17.6. The molecule has 1 aliphatic carbocycles. The maximum atomic E-state index is 13.5. The van der Waals surface area contributed by atoms with Crippen LogP contribution in [0.25, 0.3) is 0 Å². The highest BCUT2D eigenvalue weighted by Gasteiger charge is 2.41. The average Bonchev–Trinajstić information content (AvgIpc) is 3.30. The summed E-state index contributed by atoms with van der Waals surface area (Å²) in [5.74, 6) is -4.28. The normalized spacial score (nSPS) is 21.7. The molecule has 1 aromatic rings. The van der Waals surface area contributed by atoms with Gasteiger partial charge in [-0.2, -0.15) is 0 Å². The van der Waals surface area contributed by atoms with E-state index in [1.807, 2.05) is 0 Å². The number of carbonyl (C=O) groups excluding carboxylic acids is 4. The van der Waals surface area contributed by atoms with Crippen molar-refractivity contribution in [3.63, 3.8) is 0 Å². The molecule has 202 valence electrons. The molecule has 4 atom stereocenters. The number of likely N-dealkylation sites (tertiary alicyclic amines) is 1. The Hall–Kier alpha value is -3.57. The van der Waals surface area contributed by atoms with E-state index in [1.165, 1.54) is 30.4 Å². The molecule has 0 aromatic carbocycles. The number of aromatic nitrogens is 2. The maximum Gasteiger partial charge on any atom is 0.310 e. The number of nitrogens with zero attached hydrogens (tertiary/aromatic N) is 3. The molecule has 37 heavy (non-hydrogen) atoms. The Labute approximate surface area is 216 Å². The molecule has 1 saturated heterocycles. The van der Waals surface area contributed by atoms with Crippen LogP contribution in [0, 0.1) is 17.8 Å². The molecule has 0 spiro atoms. The number of aliphatic carboxylic acids is 1. The van der Waals surface area contributed by atoms with Gasteiger partial charge >= 0.3 is 5.97 Å². The highest BCUT2D eigenvalue weighted by atomic mass is 16.4. The topological polar surface area (TPSA) is 171 Å². The Kier molecular flexibility index (Phi) is 9.54. The Morgan fingerprint density at radius 3 is 2.27 bits per heavy atom. The highest BCUT2D eigenvalue weighted by molar-refractivity contribution is 5.97. The predicted molar refractivity (Wildman–Crippen MR) is 132 cm³/mol. The number of amides is 4. The molecular weight excluding hydrogens is 480 g/mol. The molecule has 0 radical (unpaired) electrons. The van der Waals surface area contributed by atoms with E-state index >= 15 is 0 Å². The highest BCUT2D eigenvalue weighted by Crippen LogP contribution is 2.27. The summed E-state index contributed by atoms with van der Waals surface area (Å²) in [5, 5.41) is 17.9. The van der Waals surface area contributed by atoms with Crippen molar-refractivity contribution in [2.45, 2.75) is 71.0 Å². The lowest BCUT2D eigenvalue weighted by atomic mass is 9.83. The molecule has 1 aliphatic heterocycles. The van der Waals surface area contributed by atoms with Crippen molar-refractivity contribution >= 4 is 29.6 Å². The van der Waals surface area contributed by atoms with Crippen molar-refractivity contribution in [1.29, 1.82) is 0 Å². The summed E-state index contributed by atoms with van der Waals surface area (Å²) >= 11 is 0. The lowest BCUT2D eigenvalue weighted by molar-refractivity contribution is -0.142. The second kappa shape index (κ2) is 12.6. The van der Waals surface area contributed by atoms with Crippen LogP contribution in [0.15, 0.2) is 18.6 Å². The lowest BCUT2D eigenvalue weighted by Gasteiger charge is -2.32. The van der Waals surface area contributed by atoms with Gasteiger partial charge in [-0.15, -0.1) is 0 Å². The zero-order valence-electron chi connectivity index (χ0n) is 21.5. The standard InChI is InChI=1S/C25H36N6O6/c1-14(2)20(23(34)28-19-13-31(15(3)32)12-17(19)25(36)37)29-24(35)21(16-7-5-4-6-8-16)30-22(33)18-11-26-9-10-27-18/h9-11,14,16-17,19-21H,4-8,12-13H2,1-3H3,(H,28,34)(H,29,35)(H,30,33)(H,36,37)/t17-,19+,20+,21+/m1/s1. The van der Waals surface area contributed by atoms with Gasteiger partial charge in [-0.05, 0) is 24.7 Å². The molecular formula is C25H36N6O6. The Balaban J connectivity index is 1.74.